The molecular weight excluding hydrogens is 551 g/mol. The van der Waals surface area contributed by atoms with Gasteiger partial charge in [-0.15, -0.1) is 5.10 Å². The zero-order valence-corrected chi connectivity index (χ0v) is 23.6. The van der Waals surface area contributed by atoms with E-state index in [9.17, 15) is 18.0 Å². The molecule has 1 saturated heterocycles. The quantitative estimate of drug-likeness (QED) is 0.286. The van der Waals surface area contributed by atoms with Crippen molar-refractivity contribution in [2.45, 2.75) is 26.4 Å². The molecule has 0 unspecified atom stereocenters. The Morgan fingerprint density at radius 3 is 2.62 bits per heavy atom. The third kappa shape index (κ3) is 6.80. The molecular formula is C29H32F3N7O3. The van der Waals surface area contributed by atoms with E-state index in [1.165, 1.54) is 6.07 Å². The molecule has 10 nitrogen and oxygen atoms in total. The standard InChI is InChI=1S/C29H32F3N7O3/c1-19-5-6-21(13-27(19)39-18-26(35-36-39)25-17-33-37(3)20(25)2)28(40)34-23-14-22(29(30,31)32)15-24(16-23)42-10-4-7-38-8-11-41-12-9-38/h5-6,13-18H,4,7-12H2,1-3H3,(H,34,40). The molecule has 3 heterocycles. The van der Waals surface area contributed by atoms with Gasteiger partial charge in [-0.2, -0.15) is 18.3 Å². The highest BCUT2D eigenvalue weighted by Crippen LogP contribution is 2.34. The number of morpholine rings is 1. The Bertz CT molecular complexity index is 1560. The third-order valence-corrected chi connectivity index (χ3v) is 7.21. The number of benzene rings is 2. The van der Waals surface area contributed by atoms with E-state index in [0.29, 0.717) is 31.0 Å². The number of hydrogen-bond acceptors (Lipinski definition) is 7. The van der Waals surface area contributed by atoms with Crippen LogP contribution in [0.2, 0.25) is 0 Å². The third-order valence-electron chi connectivity index (χ3n) is 7.21. The molecule has 13 heteroatoms. The summed E-state index contributed by atoms with van der Waals surface area (Å²) >= 11 is 0. The van der Waals surface area contributed by atoms with Crippen LogP contribution in [0.25, 0.3) is 16.9 Å². The van der Waals surface area contributed by atoms with Crippen molar-refractivity contribution < 1.29 is 27.4 Å². The molecule has 0 saturated carbocycles. The summed E-state index contributed by atoms with van der Waals surface area (Å²) in [4.78, 5) is 15.4. The SMILES string of the molecule is Cc1ccc(C(=O)Nc2cc(OCCCN3CCOCC3)cc(C(F)(F)F)c2)cc1-n1cc(-c2cnn(C)c2C)nn1. The number of amides is 1. The first-order valence-corrected chi connectivity index (χ1v) is 13.6. The van der Waals surface area contributed by atoms with Gasteiger partial charge in [-0.1, -0.05) is 11.3 Å². The number of nitrogens with one attached hydrogen (secondary N) is 1. The van der Waals surface area contributed by atoms with Crippen molar-refractivity contribution in [3.63, 3.8) is 0 Å². The van der Waals surface area contributed by atoms with E-state index in [0.717, 1.165) is 48.6 Å². The largest absolute Gasteiger partial charge is 0.493 e. The summed E-state index contributed by atoms with van der Waals surface area (Å²) in [5.41, 5.74) is 3.14. The molecule has 0 aliphatic carbocycles. The van der Waals surface area contributed by atoms with Crippen LogP contribution in [-0.2, 0) is 18.0 Å². The molecule has 0 bridgehead atoms. The average Bonchev–Trinajstić information content (AvgIpc) is 3.57. The molecule has 2 aromatic heterocycles. The first-order valence-electron chi connectivity index (χ1n) is 13.6. The maximum Gasteiger partial charge on any atom is 0.416 e. The van der Waals surface area contributed by atoms with E-state index in [1.807, 2.05) is 20.9 Å². The first-order chi connectivity index (χ1) is 20.1. The lowest BCUT2D eigenvalue weighted by atomic mass is 10.1. The number of ether oxygens (including phenoxy) is 2. The number of carbonyl (C=O) groups excluding carboxylic acids is 1. The van der Waals surface area contributed by atoms with E-state index in [2.05, 4.69) is 25.6 Å². The van der Waals surface area contributed by atoms with E-state index in [4.69, 9.17) is 9.47 Å². The summed E-state index contributed by atoms with van der Waals surface area (Å²) in [6.45, 7) is 7.78. The summed E-state index contributed by atoms with van der Waals surface area (Å²) < 4.78 is 55.3. The summed E-state index contributed by atoms with van der Waals surface area (Å²) in [6.07, 6.45) is -0.517. The van der Waals surface area contributed by atoms with E-state index in [-0.39, 0.29) is 23.6 Å². The van der Waals surface area contributed by atoms with Gasteiger partial charge in [-0.05, 0) is 50.1 Å². The Balaban J connectivity index is 1.31. The molecule has 0 atom stereocenters. The number of aromatic nitrogens is 5. The van der Waals surface area contributed by atoms with Gasteiger partial charge >= 0.3 is 6.18 Å². The molecule has 1 fully saturated rings. The smallest absolute Gasteiger partial charge is 0.416 e. The lowest BCUT2D eigenvalue weighted by Gasteiger charge is -2.26. The van der Waals surface area contributed by atoms with Crippen LogP contribution in [0.5, 0.6) is 5.75 Å². The second-order valence-electron chi connectivity index (χ2n) is 10.2. The van der Waals surface area contributed by atoms with Gasteiger partial charge in [-0.25, -0.2) is 4.68 Å². The lowest BCUT2D eigenvalue weighted by molar-refractivity contribution is -0.137. The van der Waals surface area contributed by atoms with Crippen molar-refractivity contribution >= 4 is 11.6 Å². The van der Waals surface area contributed by atoms with Crippen LogP contribution in [0.3, 0.4) is 0 Å². The predicted octanol–water partition coefficient (Wildman–Crippen LogP) is 4.66. The van der Waals surface area contributed by atoms with Crippen LogP contribution in [0.1, 0.15) is 33.6 Å². The van der Waals surface area contributed by atoms with Crippen molar-refractivity contribution in [3.8, 4) is 22.7 Å². The fraction of sp³-hybridized carbons (Fsp3) is 0.379. The summed E-state index contributed by atoms with van der Waals surface area (Å²) in [5, 5.41) is 15.3. The number of nitrogens with zero attached hydrogens (tertiary/aromatic N) is 6. The van der Waals surface area contributed by atoms with Crippen LogP contribution in [0.15, 0.2) is 48.8 Å². The van der Waals surface area contributed by atoms with E-state index >= 15 is 0 Å². The van der Waals surface area contributed by atoms with Crippen LogP contribution in [-0.4, -0.2) is 75.0 Å². The number of carbonyl (C=O) groups is 1. The van der Waals surface area contributed by atoms with E-state index in [1.54, 1.807) is 40.0 Å². The van der Waals surface area contributed by atoms with Gasteiger partial charge < -0.3 is 14.8 Å². The Hall–Kier alpha value is -4.23. The van der Waals surface area contributed by atoms with Gasteiger partial charge in [0.05, 0.1) is 43.5 Å². The molecule has 1 amide bonds. The number of alkyl halides is 3. The molecule has 222 valence electrons. The average molecular weight is 584 g/mol. The zero-order valence-electron chi connectivity index (χ0n) is 23.6. The minimum atomic E-state index is -4.61. The second kappa shape index (κ2) is 12.3. The highest BCUT2D eigenvalue weighted by molar-refractivity contribution is 6.04. The van der Waals surface area contributed by atoms with E-state index < -0.39 is 17.6 Å². The molecule has 5 rings (SSSR count). The number of rotatable bonds is 9. The summed E-state index contributed by atoms with van der Waals surface area (Å²) in [6, 6.07) is 8.21. The molecule has 1 aliphatic heterocycles. The van der Waals surface area contributed by atoms with Gasteiger partial charge in [0, 0.05) is 55.3 Å². The highest BCUT2D eigenvalue weighted by Gasteiger charge is 2.32. The van der Waals surface area contributed by atoms with Crippen LogP contribution >= 0.6 is 0 Å². The molecule has 1 aliphatic rings. The van der Waals surface area contributed by atoms with Gasteiger partial charge in [0.1, 0.15) is 11.4 Å². The predicted molar refractivity (Wildman–Crippen MR) is 150 cm³/mol. The van der Waals surface area contributed by atoms with Crippen molar-refractivity contribution in [1.29, 1.82) is 0 Å². The Labute approximate surface area is 241 Å². The summed E-state index contributed by atoms with van der Waals surface area (Å²) in [7, 11) is 1.84. The fourth-order valence-corrected chi connectivity index (χ4v) is 4.68. The van der Waals surface area contributed by atoms with Crippen molar-refractivity contribution in [2.75, 3.05) is 44.8 Å². The number of hydrogen-bond donors (Lipinski definition) is 1. The minimum absolute atomic E-state index is 0.0183. The zero-order chi connectivity index (χ0) is 29.9. The maximum atomic E-state index is 13.7. The highest BCUT2D eigenvalue weighted by atomic mass is 19.4. The van der Waals surface area contributed by atoms with Gasteiger partial charge in [0.15, 0.2) is 0 Å². The van der Waals surface area contributed by atoms with Crippen LogP contribution in [0.4, 0.5) is 18.9 Å². The maximum absolute atomic E-state index is 13.7. The Morgan fingerprint density at radius 1 is 1.12 bits per heavy atom. The van der Waals surface area contributed by atoms with Crippen molar-refractivity contribution in [2.24, 2.45) is 7.05 Å². The second-order valence-corrected chi connectivity index (χ2v) is 10.2. The first kappa shape index (κ1) is 29.3. The van der Waals surface area contributed by atoms with Crippen molar-refractivity contribution in [3.05, 3.63) is 71.2 Å². The number of anilines is 1. The molecule has 2 aromatic carbocycles. The lowest BCUT2D eigenvalue weighted by Crippen LogP contribution is -2.37. The number of aryl methyl sites for hydroxylation is 2. The monoisotopic (exact) mass is 583 g/mol. The molecule has 42 heavy (non-hydrogen) atoms. The fourth-order valence-electron chi connectivity index (χ4n) is 4.68. The van der Waals surface area contributed by atoms with Gasteiger partial charge in [-0.3, -0.25) is 14.4 Å². The molecule has 0 radical (unpaired) electrons. The van der Waals surface area contributed by atoms with Gasteiger partial charge in [0.25, 0.3) is 5.91 Å². The normalized spacial score (nSPS) is 14.2. The Kier molecular flexibility index (Phi) is 8.59. The number of halogens is 3. The van der Waals surface area contributed by atoms with Crippen LogP contribution < -0.4 is 10.1 Å². The van der Waals surface area contributed by atoms with Crippen LogP contribution in [0, 0.1) is 13.8 Å². The summed E-state index contributed by atoms with van der Waals surface area (Å²) in [5.74, 6) is -0.537. The molecule has 0 spiro atoms. The topological polar surface area (TPSA) is 99.3 Å². The Morgan fingerprint density at radius 2 is 1.90 bits per heavy atom. The molecule has 1 N–H and O–H groups in total. The molecule has 4 aromatic rings. The minimum Gasteiger partial charge on any atom is -0.493 e. The van der Waals surface area contributed by atoms with Gasteiger partial charge in [0.2, 0.25) is 0 Å². The van der Waals surface area contributed by atoms with Crippen molar-refractivity contribution in [1.82, 2.24) is 29.7 Å².